The second kappa shape index (κ2) is 40.4. The lowest BCUT2D eigenvalue weighted by atomic mass is 10.0. The van der Waals surface area contributed by atoms with E-state index in [2.05, 4.69) is 39.5 Å². The second-order valence-electron chi connectivity index (χ2n) is 11.9. The van der Waals surface area contributed by atoms with Crippen molar-refractivity contribution in [3.63, 3.8) is 0 Å². The van der Waals surface area contributed by atoms with Crippen molar-refractivity contribution in [3.8, 4) is 0 Å². The molecule has 4 unspecified atom stereocenters. The van der Waals surface area contributed by atoms with Gasteiger partial charge < -0.3 is 56.8 Å². The van der Waals surface area contributed by atoms with Crippen LogP contribution in [-0.4, -0.2) is 153 Å². The standard InChI is InChI=1S/C42H62O18.CH4/c1-7-13-35(43)53-21-19-49-31-33(51-23-25-55-37(45)15-9-3)41(59-29-27-57-39(47)17-11-5)42(60-30-28-58-40(48)18-12-6)34(52-24-26-56-38(46)16-10-4)32-50-20-22-54-36(44)14-8-2;/h7-12,33-34,41-42H,1-6,13-32H2;1H4. The van der Waals surface area contributed by atoms with Gasteiger partial charge in [-0.2, -0.15) is 0 Å². The molecule has 0 heterocycles. The van der Waals surface area contributed by atoms with Gasteiger partial charge >= 0.3 is 35.8 Å². The minimum Gasteiger partial charge on any atom is -0.463 e. The summed E-state index contributed by atoms with van der Waals surface area (Å²) in [5.41, 5.74) is 0. The minimum atomic E-state index is -1.18. The summed E-state index contributed by atoms with van der Waals surface area (Å²) in [4.78, 5) is 72.1. The Morgan fingerprint density at radius 1 is 0.328 bits per heavy atom. The van der Waals surface area contributed by atoms with Crippen LogP contribution in [0.1, 0.15) is 46.0 Å². The third kappa shape index (κ3) is 32.5. The summed E-state index contributed by atoms with van der Waals surface area (Å²) in [6, 6.07) is 0. The number of rotatable bonds is 41. The summed E-state index contributed by atoms with van der Waals surface area (Å²) in [5.74, 6) is -3.22. The number of ether oxygens (including phenoxy) is 12. The highest BCUT2D eigenvalue weighted by atomic mass is 16.6. The molecule has 0 N–H and O–H groups in total. The molecular formula is C43H66O18. The van der Waals surface area contributed by atoms with Crippen molar-refractivity contribution in [2.75, 3.05) is 92.5 Å². The smallest absolute Gasteiger partial charge is 0.309 e. The van der Waals surface area contributed by atoms with Crippen molar-refractivity contribution in [1.82, 2.24) is 0 Å². The molecule has 0 amide bonds. The van der Waals surface area contributed by atoms with E-state index < -0.39 is 60.2 Å². The molecule has 0 fully saturated rings. The maximum Gasteiger partial charge on any atom is 0.309 e. The number of carbonyl (C=O) groups excluding carboxylic acids is 6. The van der Waals surface area contributed by atoms with Gasteiger partial charge in [0.25, 0.3) is 0 Å². The largest absolute Gasteiger partial charge is 0.463 e. The molecule has 0 bridgehead atoms. The molecule has 18 heteroatoms. The number of esters is 6. The second-order valence-corrected chi connectivity index (χ2v) is 11.9. The summed E-state index contributed by atoms with van der Waals surface area (Å²) in [6.07, 6.45) is 3.68. The first-order valence-corrected chi connectivity index (χ1v) is 19.3. The molecule has 0 radical (unpaired) electrons. The van der Waals surface area contributed by atoms with Gasteiger partial charge in [-0.05, 0) is 0 Å². The van der Waals surface area contributed by atoms with E-state index in [-0.39, 0.29) is 138 Å². The van der Waals surface area contributed by atoms with Crippen LogP contribution in [0, 0.1) is 0 Å². The van der Waals surface area contributed by atoms with Crippen molar-refractivity contribution in [2.45, 2.75) is 70.4 Å². The van der Waals surface area contributed by atoms with Crippen LogP contribution in [0.25, 0.3) is 0 Å². The predicted molar refractivity (Wildman–Crippen MR) is 222 cm³/mol. The summed E-state index contributed by atoms with van der Waals surface area (Å²) in [5, 5.41) is 0. The van der Waals surface area contributed by atoms with E-state index in [9.17, 15) is 28.8 Å². The fraction of sp³-hybridized carbons (Fsp3) is 0.581. The maximum absolute atomic E-state index is 12.1. The van der Waals surface area contributed by atoms with Gasteiger partial charge in [0.15, 0.2) is 0 Å². The van der Waals surface area contributed by atoms with Gasteiger partial charge in [0.2, 0.25) is 0 Å². The van der Waals surface area contributed by atoms with Crippen LogP contribution in [0.5, 0.6) is 0 Å². The van der Waals surface area contributed by atoms with E-state index >= 15 is 0 Å². The van der Waals surface area contributed by atoms with E-state index in [0.29, 0.717) is 0 Å². The molecular weight excluding hydrogens is 804 g/mol. The maximum atomic E-state index is 12.1. The molecule has 61 heavy (non-hydrogen) atoms. The van der Waals surface area contributed by atoms with E-state index in [0.717, 1.165) is 0 Å². The van der Waals surface area contributed by atoms with Crippen molar-refractivity contribution in [2.24, 2.45) is 0 Å². The molecule has 0 aliphatic heterocycles. The zero-order chi connectivity index (χ0) is 44.6. The van der Waals surface area contributed by atoms with Crippen LogP contribution < -0.4 is 0 Å². The van der Waals surface area contributed by atoms with Gasteiger partial charge in [-0.15, -0.1) is 39.5 Å². The van der Waals surface area contributed by atoms with Crippen LogP contribution in [0.15, 0.2) is 75.9 Å². The first kappa shape index (κ1) is 58.1. The van der Waals surface area contributed by atoms with Crippen LogP contribution >= 0.6 is 0 Å². The fourth-order valence-corrected chi connectivity index (χ4v) is 4.58. The third-order valence-corrected chi connectivity index (χ3v) is 7.14. The summed E-state index contributed by atoms with van der Waals surface area (Å²) in [6.45, 7) is 18.8. The Labute approximate surface area is 359 Å². The molecule has 4 atom stereocenters. The highest BCUT2D eigenvalue weighted by molar-refractivity contribution is 5.72. The lowest BCUT2D eigenvalue weighted by Crippen LogP contribution is -2.53. The van der Waals surface area contributed by atoms with E-state index in [1.165, 1.54) is 36.5 Å². The van der Waals surface area contributed by atoms with Crippen LogP contribution in [0.2, 0.25) is 0 Å². The molecule has 0 aromatic carbocycles. The van der Waals surface area contributed by atoms with Crippen LogP contribution in [-0.2, 0) is 85.6 Å². The topological polar surface area (TPSA) is 213 Å². The Morgan fingerprint density at radius 3 is 0.770 bits per heavy atom. The number of hydrogen-bond donors (Lipinski definition) is 0. The van der Waals surface area contributed by atoms with E-state index in [1.54, 1.807) is 0 Å². The summed E-state index contributed by atoms with van der Waals surface area (Å²) in [7, 11) is 0. The van der Waals surface area contributed by atoms with Gasteiger partial charge in [0.05, 0.1) is 91.4 Å². The van der Waals surface area contributed by atoms with Crippen LogP contribution in [0.4, 0.5) is 0 Å². The zero-order valence-corrected chi connectivity index (χ0v) is 34.5. The third-order valence-electron chi connectivity index (χ3n) is 7.14. The molecule has 0 aliphatic rings. The van der Waals surface area contributed by atoms with Crippen molar-refractivity contribution in [3.05, 3.63) is 75.9 Å². The summed E-state index contributed by atoms with van der Waals surface area (Å²) < 4.78 is 68.0. The Balaban J connectivity index is 0. The van der Waals surface area contributed by atoms with Crippen molar-refractivity contribution in [1.29, 1.82) is 0 Å². The van der Waals surface area contributed by atoms with E-state index in [1.807, 2.05) is 0 Å². The van der Waals surface area contributed by atoms with Crippen LogP contribution in [0.3, 0.4) is 0 Å². The highest BCUT2D eigenvalue weighted by Crippen LogP contribution is 2.20. The lowest BCUT2D eigenvalue weighted by Gasteiger charge is -2.37. The van der Waals surface area contributed by atoms with E-state index in [4.69, 9.17) is 56.8 Å². The van der Waals surface area contributed by atoms with Gasteiger partial charge in [-0.1, -0.05) is 43.9 Å². The molecule has 0 aromatic heterocycles. The molecule has 0 saturated heterocycles. The Hall–Kier alpha value is -4.98. The fourth-order valence-electron chi connectivity index (χ4n) is 4.58. The van der Waals surface area contributed by atoms with Crippen molar-refractivity contribution < 1.29 is 85.6 Å². The normalized spacial score (nSPS) is 12.4. The molecule has 0 aromatic rings. The molecule has 0 rings (SSSR count). The first-order chi connectivity index (χ1) is 29.1. The Morgan fingerprint density at radius 2 is 0.541 bits per heavy atom. The summed E-state index contributed by atoms with van der Waals surface area (Å²) >= 11 is 0. The Bertz CT molecular complexity index is 1220. The van der Waals surface area contributed by atoms with Crippen molar-refractivity contribution >= 4 is 35.8 Å². The van der Waals surface area contributed by atoms with Gasteiger partial charge in [-0.3, -0.25) is 28.8 Å². The number of carbonyl (C=O) groups is 6. The minimum absolute atomic E-state index is 0. The average Bonchev–Trinajstić information content (AvgIpc) is 3.20. The van der Waals surface area contributed by atoms with Gasteiger partial charge in [0.1, 0.15) is 64.1 Å². The molecule has 18 nitrogen and oxygen atoms in total. The highest BCUT2D eigenvalue weighted by Gasteiger charge is 2.39. The molecule has 0 aliphatic carbocycles. The monoisotopic (exact) mass is 870 g/mol. The molecule has 346 valence electrons. The molecule has 0 spiro atoms. The first-order valence-electron chi connectivity index (χ1n) is 19.3. The van der Waals surface area contributed by atoms with Gasteiger partial charge in [-0.25, -0.2) is 0 Å². The molecule has 0 saturated carbocycles. The average molecular weight is 871 g/mol. The zero-order valence-electron chi connectivity index (χ0n) is 34.5. The predicted octanol–water partition coefficient (Wildman–Crippen LogP) is 3.91. The quantitative estimate of drug-likeness (QED) is 0.0369. The van der Waals surface area contributed by atoms with Gasteiger partial charge in [0, 0.05) is 0 Å². The number of hydrogen-bond acceptors (Lipinski definition) is 18. The Kier molecular flexibility index (Phi) is 38.5. The SMILES string of the molecule is C.C=CCC(=O)OCCOCC(OCCOC(=O)CC=C)C(OCCOC(=O)CC=C)C(OCCOC(=O)CC=C)C(COCCOC(=O)CC=C)OCCOC(=O)CC=C. The lowest BCUT2D eigenvalue weighted by molar-refractivity contribution is -0.207.